The molecule has 0 aliphatic rings. The lowest BCUT2D eigenvalue weighted by Crippen LogP contribution is -1.99. The van der Waals surface area contributed by atoms with Gasteiger partial charge in [-0.3, -0.25) is 0 Å². The summed E-state index contributed by atoms with van der Waals surface area (Å²) in [6.07, 6.45) is 1.52. The number of nitrogens with one attached hydrogen (secondary N) is 1. The monoisotopic (exact) mass is 295 g/mol. The van der Waals surface area contributed by atoms with Crippen LogP contribution in [0.2, 0.25) is 0 Å². The van der Waals surface area contributed by atoms with Crippen LogP contribution in [0.4, 0.5) is 11.5 Å². The second-order valence-electron chi connectivity index (χ2n) is 4.91. The van der Waals surface area contributed by atoms with E-state index in [1.54, 1.807) is 14.2 Å². The highest BCUT2D eigenvalue weighted by Gasteiger charge is 2.13. The molecule has 1 aromatic heterocycles. The zero-order valence-electron chi connectivity index (χ0n) is 12.8. The van der Waals surface area contributed by atoms with E-state index in [9.17, 15) is 0 Å². The molecule has 2 aromatic carbocycles. The van der Waals surface area contributed by atoms with Gasteiger partial charge in [-0.05, 0) is 36.8 Å². The molecule has 0 amide bonds. The number of ether oxygens (including phenoxy) is 2. The van der Waals surface area contributed by atoms with Gasteiger partial charge in [0, 0.05) is 11.1 Å². The summed E-state index contributed by atoms with van der Waals surface area (Å²) in [5, 5.41) is 4.21. The third kappa shape index (κ3) is 2.53. The molecule has 0 atom stereocenters. The largest absolute Gasteiger partial charge is 0.493 e. The van der Waals surface area contributed by atoms with Crippen molar-refractivity contribution in [2.45, 2.75) is 6.92 Å². The van der Waals surface area contributed by atoms with E-state index < -0.39 is 0 Å². The highest BCUT2D eigenvalue weighted by atomic mass is 16.5. The Bertz CT molecular complexity index is 818. The first kappa shape index (κ1) is 14.1. The van der Waals surface area contributed by atoms with Gasteiger partial charge in [0.05, 0.1) is 14.2 Å². The Kier molecular flexibility index (Phi) is 3.78. The van der Waals surface area contributed by atoms with Crippen molar-refractivity contribution in [1.82, 2.24) is 9.97 Å². The number of hydrogen-bond donors (Lipinski definition) is 1. The van der Waals surface area contributed by atoms with Crippen LogP contribution in [-0.2, 0) is 0 Å². The highest BCUT2D eigenvalue weighted by molar-refractivity contribution is 5.95. The van der Waals surface area contributed by atoms with Gasteiger partial charge in [0.1, 0.15) is 17.7 Å². The maximum atomic E-state index is 5.43. The fourth-order valence-corrected chi connectivity index (χ4v) is 2.40. The van der Waals surface area contributed by atoms with Crippen molar-refractivity contribution in [2.75, 3.05) is 19.5 Å². The van der Waals surface area contributed by atoms with Crippen LogP contribution in [0.1, 0.15) is 5.56 Å². The molecule has 0 aliphatic carbocycles. The van der Waals surface area contributed by atoms with Crippen molar-refractivity contribution in [3.05, 3.63) is 48.3 Å². The molecule has 1 N–H and O–H groups in total. The summed E-state index contributed by atoms with van der Waals surface area (Å²) in [7, 11) is 3.21. The average Bonchev–Trinajstić information content (AvgIpc) is 2.54. The van der Waals surface area contributed by atoms with Crippen molar-refractivity contribution in [1.29, 1.82) is 0 Å². The zero-order chi connectivity index (χ0) is 15.5. The Hall–Kier alpha value is -2.82. The topological polar surface area (TPSA) is 56.3 Å². The van der Waals surface area contributed by atoms with Crippen LogP contribution in [0.15, 0.2) is 42.7 Å². The Morgan fingerprint density at radius 1 is 1.00 bits per heavy atom. The van der Waals surface area contributed by atoms with Crippen LogP contribution in [0.5, 0.6) is 11.5 Å². The average molecular weight is 295 g/mol. The summed E-state index contributed by atoms with van der Waals surface area (Å²) in [5.41, 5.74) is 2.88. The predicted octanol–water partition coefficient (Wildman–Crippen LogP) is 3.70. The number of hydrogen-bond acceptors (Lipinski definition) is 5. The summed E-state index contributed by atoms with van der Waals surface area (Å²) < 4.78 is 10.7. The van der Waals surface area contributed by atoms with E-state index in [-0.39, 0.29) is 0 Å². The molecular formula is C17H17N3O2. The molecule has 0 fully saturated rings. The number of nitrogens with zero attached hydrogens (tertiary/aromatic N) is 2. The third-order valence-corrected chi connectivity index (χ3v) is 3.43. The van der Waals surface area contributed by atoms with Crippen LogP contribution < -0.4 is 14.8 Å². The van der Waals surface area contributed by atoms with Crippen molar-refractivity contribution >= 4 is 22.4 Å². The molecule has 0 bridgehead atoms. The molecule has 112 valence electrons. The predicted molar refractivity (Wildman–Crippen MR) is 87.1 cm³/mol. The number of aryl methyl sites for hydroxylation is 1. The molecule has 0 spiro atoms. The smallest absolute Gasteiger partial charge is 0.187 e. The molecule has 5 nitrogen and oxygen atoms in total. The Labute approximate surface area is 128 Å². The van der Waals surface area contributed by atoms with E-state index >= 15 is 0 Å². The van der Waals surface area contributed by atoms with Gasteiger partial charge in [0.25, 0.3) is 0 Å². The number of methoxy groups -OCH3 is 2. The molecule has 0 radical (unpaired) electrons. The second-order valence-corrected chi connectivity index (χ2v) is 4.91. The van der Waals surface area contributed by atoms with Crippen molar-refractivity contribution in [3.8, 4) is 11.5 Å². The van der Waals surface area contributed by atoms with Crippen molar-refractivity contribution in [2.24, 2.45) is 0 Å². The standard InChI is InChI=1S/C17H17N3O2/c1-11-5-4-6-12(9-11)20-17-13-7-8-14(21-2)16(22-3)15(13)18-10-19-17/h4-10H,1-3H3,(H,18,19,20). The lowest BCUT2D eigenvalue weighted by molar-refractivity contribution is 0.358. The summed E-state index contributed by atoms with van der Waals surface area (Å²) in [4.78, 5) is 8.67. The lowest BCUT2D eigenvalue weighted by atomic mass is 10.2. The van der Waals surface area contributed by atoms with E-state index in [0.29, 0.717) is 17.0 Å². The number of rotatable bonds is 4. The van der Waals surface area contributed by atoms with E-state index in [1.165, 1.54) is 11.9 Å². The number of anilines is 2. The molecule has 3 rings (SSSR count). The van der Waals surface area contributed by atoms with E-state index in [0.717, 1.165) is 16.9 Å². The minimum absolute atomic E-state index is 0.606. The molecule has 0 saturated heterocycles. The summed E-state index contributed by atoms with van der Waals surface area (Å²) >= 11 is 0. The van der Waals surface area contributed by atoms with Crippen LogP contribution in [0.3, 0.4) is 0 Å². The molecule has 3 aromatic rings. The SMILES string of the molecule is COc1ccc2c(Nc3cccc(C)c3)ncnc2c1OC. The summed E-state index contributed by atoms with van der Waals surface area (Å²) in [5.74, 6) is 1.99. The van der Waals surface area contributed by atoms with Gasteiger partial charge >= 0.3 is 0 Å². The van der Waals surface area contributed by atoms with E-state index in [4.69, 9.17) is 9.47 Å². The first-order valence-electron chi connectivity index (χ1n) is 6.92. The molecule has 0 saturated carbocycles. The van der Waals surface area contributed by atoms with Gasteiger partial charge in [-0.15, -0.1) is 0 Å². The first-order valence-corrected chi connectivity index (χ1v) is 6.92. The molecule has 22 heavy (non-hydrogen) atoms. The van der Waals surface area contributed by atoms with Crippen LogP contribution in [-0.4, -0.2) is 24.2 Å². The molecule has 5 heteroatoms. The maximum Gasteiger partial charge on any atom is 0.187 e. The normalized spacial score (nSPS) is 10.5. The van der Waals surface area contributed by atoms with Gasteiger partial charge in [0.15, 0.2) is 11.5 Å². The second kappa shape index (κ2) is 5.89. The summed E-state index contributed by atoms with van der Waals surface area (Å²) in [6.45, 7) is 2.05. The quantitative estimate of drug-likeness (QED) is 0.795. The van der Waals surface area contributed by atoms with E-state index in [2.05, 4.69) is 34.3 Å². The molecule has 0 unspecified atom stereocenters. The van der Waals surface area contributed by atoms with Gasteiger partial charge in [-0.25, -0.2) is 9.97 Å². The number of benzene rings is 2. The van der Waals surface area contributed by atoms with Gasteiger partial charge < -0.3 is 14.8 Å². The lowest BCUT2D eigenvalue weighted by Gasteiger charge is -2.13. The van der Waals surface area contributed by atoms with Gasteiger partial charge in [-0.2, -0.15) is 0 Å². The number of aromatic nitrogens is 2. The Balaban J connectivity index is 2.11. The fourth-order valence-electron chi connectivity index (χ4n) is 2.40. The Morgan fingerprint density at radius 3 is 2.59 bits per heavy atom. The van der Waals surface area contributed by atoms with E-state index in [1.807, 2.05) is 24.3 Å². The van der Waals surface area contributed by atoms with Gasteiger partial charge in [-0.1, -0.05) is 12.1 Å². The Morgan fingerprint density at radius 2 is 1.86 bits per heavy atom. The summed E-state index contributed by atoms with van der Waals surface area (Å²) in [6, 6.07) is 11.9. The van der Waals surface area contributed by atoms with Gasteiger partial charge in [0.2, 0.25) is 0 Å². The van der Waals surface area contributed by atoms with Crippen LogP contribution in [0, 0.1) is 6.92 Å². The van der Waals surface area contributed by atoms with Crippen molar-refractivity contribution in [3.63, 3.8) is 0 Å². The molecule has 0 aliphatic heterocycles. The number of fused-ring (bicyclic) bond motifs is 1. The zero-order valence-corrected chi connectivity index (χ0v) is 12.8. The first-order chi connectivity index (χ1) is 10.7. The fraction of sp³-hybridized carbons (Fsp3) is 0.176. The molecular weight excluding hydrogens is 278 g/mol. The minimum Gasteiger partial charge on any atom is -0.493 e. The van der Waals surface area contributed by atoms with Crippen LogP contribution >= 0.6 is 0 Å². The molecule has 1 heterocycles. The minimum atomic E-state index is 0.606. The van der Waals surface area contributed by atoms with Crippen molar-refractivity contribution < 1.29 is 9.47 Å². The maximum absolute atomic E-state index is 5.43. The van der Waals surface area contributed by atoms with Crippen LogP contribution in [0.25, 0.3) is 10.9 Å². The third-order valence-electron chi connectivity index (χ3n) is 3.43. The highest BCUT2D eigenvalue weighted by Crippen LogP contribution is 2.36.